The number of aliphatic hydroxyl groups is 3. The third kappa shape index (κ3) is 4.89. The zero-order chi connectivity index (χ0) is 12.6. The maximum Gasteiger partial charge on any atom is 0.220 e. The molecule has 0 rings (SSSR count). The smallest absolute Gasteiger partial charge is 0.220 e. The Morgan fingerprint density at radius 3 is 2.19 bits per heavy atom. The summed E-state index contributed by atoms with van der Waals surface area (Å²) in [7, 11) is 0. The first-order chi connectivity index (χ1) is 7.53. The maximum absolute atomic E-state index is 11.5. The van der Waals surface area contributed by atoms with Gasteiger partial charge < -0.3 is 26.4 Å². The SMILES string of the molecule is CC(CN)CCC(=O)NC(CO)(CO)CO. The van der Waals surface area contributed by atoms with Crippen molar-refractivity contribution in [3.63, 3.8) is 0 Å². The fourth-order valence-electron chi connectivity index (χ4n) is 1.12. The van der Waals surface area contributed by atoms with Crippen molar-refractivity contribution in [3.8, 4) is 0 Å². The summed E-state index contributed by atoms with van der Waals surface area (Å²) in [4.78, 5) is 11.5. The van der Waals surface area contributed by atoms with E-state index in [4.69, 9.17) is 21.1 Å². The average molecular weight is 234 g/mol. The largest absolute Gasteiger partial charge is 0.394 e. The Morgan fingerprint density at radius 1 is 1.31 bits per heavy atom. The highest BCUT2D eigenvalue weighted by atomic mass is 16.3. The number of hydrogen-bond donors (Lipinski definition) is 5. The summed E-state index contributed by atoms with van der Waals surface area (Å²) in [6.45, 7) is 0.942. The Balaban J connectivity index is 4.10. The minimum absolute atomic E-state index is 0.248. The summed E-state index contributed by atoms with van der Waals surface area (Å²) in [6.07, 6.45) is 0.904. The van der Waals surface area contributed by atoms with E-state index in [0.29, 0.717) is 13.0 Å². The van der Waals surface area contributed by atoms with Crippen LogP contribution in [-0.4, -0.2) is 53.1 Å². The Hall–Kier alpha value is -0.690. The lowest BCUT2D eigenvalue weighted by Gasteiger charge is -2.28. The van der Waals surface area contributed by atoms with Gasteiger partial charge in [0.1, 0.15) is 5.54 Å². The molecule has 6 N–H and O–H groups in total. The number of amides is 1. The lowest BCUT2D eigenvalue weighted by atomic mass is 10.0. The van der Waals surface area contributed by atoms with Crippen molar-refractivity contribution in [1.82, 2.24) is 5.32 Å². The molecule has 96 valence electrons. The van der Waals surface area contributed by atoms with Gasteiger partial charge in [-0.15, -0.1) is 0 Å². The topological polar surface area (TPSA) is 116 Å². The Labute approximate surface area is 95.5 Å². The van der Waals surface area contributed by atoms with Gasteiger partial charge in [0, 0.05) is 6.42 Å². The Morgan fingerprint density at radius 2 is 1.81 bits per heavy atom. The molecule has 6 heteroatoms. The van der Waals surface area contributed by atoms with E-state index in [1.807, 2.05) is 6.92 Å². The molecule has 0 spiro atoms. The highest BCUT2D eigenvalue weighted by molar-refractivity contribution is 5.76. The van der Waals surface area contributed by atoms with Crippen LogP contribution in [0.4, 0.5) is 0 Å². The second-order valence-electron chi connectivity index (χ2n) is 4.18. The summed E-state index contributed by atoms with van der Waals surface area (Å²) in [6, 6.07) is 0. The van der Waals surface area contributed by atoms with Crippen LogP contribution in [-0.2, 0) is 4.79 Å². The Kier molecular flexibility index (Phi) is 7.24. The van der Waals surface area contributed by atoms with Crippen molar-refractivity contribution >= 4 is 5.91 Å². The summed E-state index contributed by atoms with van der Waals surface area (Å²) in [5.41, 5.74) is 4.08. The van der Waals surface area contributed by atoms with Crippen LogP contribution in [0.3, 0.4) is 0 Å². The van der Waals surface area contributed by atoms with Crippen LogP contribution in [0, 0.1) is 5.92 Å². The molecule has 0 heterocycles. The van der Waals surface area contributed by atoms with Gasteiger partial charge in [-0.2, -0.15) is 0 Å². The number of carbonyl (C=O) groups excluding carboxylic acids is 1. The van der Waals surface area contributed by atoms with E-state index in [1.54, 1.807) is 0 Å². The number of aliphatic hydroxyl groups excluding tert-OH is 3. The molecule has 0 aliphatic rings. The highest BCUT2D eigenvalue weighted by Crippen LogP contribution is 2.06. The predicted octanol–water partition coefficient (Wildman–Crippen LogP) is -1.81. The van der Waals surface area contributed by atoms with Crippen LogP contribution in [0.2, 0.25) is 0 Å². The van der Waals surface area contributed by atoms with Crippen molar-refractivity contribution < 1.29 is 20.1 Å². The van der Waals surface area contributed by atoms with Crippen molar-refractivity contribution in [1.29, 1.82) is 0 Å². The molecule has 0 aromatic rings. The van der Waals surface area contributed by atoms with Crippen LogP contribution in [0.25, 0.3) is 0 Å². The van der Waals surface area contributed by atoms with Crippen LogP contribution < -0.4 is 11.1 Å². The summed E-state index contributed by atoms with van der Waals surface area (Å²) >= 11 is 0. The minimum atomic E-state index is -1.33. The molecule has 6 nitrogen and oxygen atoms in total. The molecule has 1 atom stereocenters. The van der Waals surface area contributed by atoms with E-state index < -0.39 is 25.4 Å². The van der Waals surface area contributed by atoms with Gasteiger partial charge in [-0.25, -0.2) is 0 Å². The zero-order valence-electron chi connectivity index (χ0n) is 9.65. The molecular formula is C10H22N2O4. The van der Waals surface area contributed by atoms with Crippen LogP contribution in [0.15, 0.2) is 0 Å². The first kappa shape index (κ1) is 15.3. The number of nitrogens with one attached hydrogen (secondary N) is 1. The molecule has 1 unspecified atom stereocenters. The first-order valence-electron chi connectivity index (χ1n) is 5.37. The van der Waals surface area contributed by atoms with Gasteiger partial charge in [0.05, 0.1) is 19.8 Å². The van der Waals surface area contributed by atoms with Gasteiger partial charge in [-0.05, 0) is 18.9 Å². The molecule has 0 aromatic heterocycles. The van der Waals surface area contributed by atoms with Gasteiger partial charge in [-0.1, -0.05) is 6.92 Å². The van der Waals surface area contributed by atoms with Crippen molar-refractivity contribution in [2.75, 3.05) is 26.4 Å². The van der Waals surface area contributed by atoms with Gasteiger partial charge in [0.15, 0.2) is 0 Å². The molecule has 0 radical (unpaired) electrons. The van der Waals surface area contributed by atoms with Crippen molar-refractivity contribution in [2.24, 2.45) is 11.7 Å². The monoisotopic (exact) mass is 234 g/mol. The lowest BCUT2D eigenvalue weighted by Crippen LogP contribution is -2.57. The summed E-state index contributed by atoms with van der Waals surface area (Å²) in [5.74, 6) is -0.0602. The second-order valence-corrected chi connectivity index (χ2v) is 4.18. The van der Waals surface area contributed by atoms with Crippen molar-refractivity contribution in [2.45, 2.75) is 25.3 Å². The fourth-order valence-corrected chi connectivity index (χ4v) is 1.12. The predicted molar refractivity (Wildman–Crippen MR) is 59.6 cm³/mol. The second kappa shape index (κ2) is 7.56. The van der Waals surface area contributed by atoms with E-state index in [-0.39, 0.29) is 18.2 Å². The molecule has 0 aliphatic carbocycles. The van der Waals surface area contributed by atoms with E-state index in [2.05, 4.69) is 5.32 Å². The molecular weight excluding hydrogens is 212 g/mol. The number of rotatable bonds is 8. The molecule has 0 saturated carbocycles. The van der Waals surface area contributed by atoms with Crippen LogP contribution in [0.1, 0.15) is 19.8 Å². The third-order valence-electron chi connectivity index (χ3n) is 2.58. The molecule has 0 bridgehead atoms. The van der Waals surface area contributed by atoms with Gasteiger partial charge in [0.25, 0.3) is 0 Å². The third-order valence-corrected chi connectivity index (χ3v) is 2.58. The molecule has 1 amide bonds. The average Bonchev–Trinajstić information content (AvgIpc) is 2.33. The summed E-state index contributed by atoms with van der Waals surface area (Å²) < 4.78 is 0. The van der Waals surface area contributed by atoms with Crippen LogP contribution >= 0.6 is 0 Å². The van der Waals surface area contributed by atoms with E-state index in [1.165, 1.54) is 0 Å². The number of carbonyl (C=O) groups is 1. The van der Waals surface area contributed by atoms with Crippen LogP contribution in [0.5, 0.6) is 0 Å². The minimum Gasteiger partial charge on any atom is -0.394 e. The molecule has 0 fully saturated rings. The van der Waals surface area contributed by atoms with Crippen molar-refractivity contribution in [3.05, 3.63) is 0 Å². The highest BCUT2D eigenvalue weighted by Gasteiger charge is 2.29. The molecule has 0 aromatic carbocycles. The molecule has 0 saturated heterocycles. The lowest BCUT2D eigenvalue weighted by molar-refractivity contribution is -0.125. The molecule has 0 aliphatic heterocycles. The number of hydrogen-bond acceptors (Lipinski definition) is 5. The zero-order valence-corrected chi connectivity index (χ0v) is 9.65. The Bertz CT molecular complexity index is 199. The maximum atomic E-state index is 11.5. The number of nitrogens with two attached hydrogens (primary N) is 1. The fraction of sp³-hybridized carbons (Fsp3) is 0.900. The normalized spacial score (nSPS) is 13.6. The van der Waals surface area contributed by atoms with E-state index >= 15 is 0 Å². The molecule has 16 heavy (non-hydrogen) atoms. The van der Waals surface area contributed by atoms with E-state index in [0.717, 1.165) is 0 Å². The summed E-state index contributed by atoms with van der Waals surface area (Å²) in [5, 5.41) is 29.4. The van der Waals surface area contributed by atoms with E-state index in [9.17, 15) is 4.79 Å². The van der Waals surface area contributed by atoms with Gasteiger partial charge in [-0.3, -0.25) is 4.79 Å². The van der Waals surface area contributed by atoms with Gasteiger partial charge in [0.2, 0.25) is 5.91 Å². The first-order valence-corrected chi connectivity index (χ1v) is 5.37. The quantitative estimate of drug-likeness (QED) is 0.339. The van der Waals surface area contributed by atoms with Gasteiger partial charge >= 0.3 is 0 Å². The standard InChI is InChI=1S/C10H22N2O4/c1-8(4-11)2-3-9(16)12-10(5-13,6-14)7-15/h8,13-15H,2-7,11H2,1H3,(H,12,16).